The lowest BCUT2D eigenvalue weighted by Crippen LogP contribution is -2.48. The predicted octanol–water partition coefficient (Wildman–Crippen LogP) is 0.418. The third-order valence-electron chi connectivity index (χ3n) is 2.97. The molecular formula is C12H19NO4. The van der Waals surface area contributed by atoms with E-state index in [1.807, 2.05) is 18.7 Å². The van der Waals surface area contributed by atoms with Gasteiger partial charge in [0.15, 0.2) is 0 Å². The third-order valence-corrected chi connectivity index (χ3v) is 2.97. The molecule has 0 aromatic rings. The molecule has 0 radical (unpaired) electrons. The molecule has 0 aliphatic carbocycles. The molecule has 5 heteroatoms. The quantitative estimate of drug-likeness (QED) is 0.405. The number of Topliss-reactive ketones (excluding diaryl/α,β-unsaturated/α-hetero) is 2. The van der Waals surface area contributed by atoms with Gasteiger partial charge in [-0.15, -0.1) is 0 Å². The van der Waals surface area contributed by atoms with Crippen LogP contribution in [0.25, 0.3) is 0 Å². The van der Waals surface area contributed by atoms with Crippen LogP contribution >= 0.6 is 0 Å². The van der Waals surface area contributed by atoms with Crippen LogP contribution in [0.2, 0.25) is 0 Å². The molecule has 0 N–H and O–H groups in total. The average molecular weight is 241 g/mol. The van der Waals surface area contributed by atoms with Gasteiger partial charge in [-0.2, -0.15) is 0 Å². The van der Waals surface area contributed by atoms with E-state index in [0.29, 0.717) is 19.5 Å². The van der Waals surface area contributed by atoms with E-state index >= 15 is 0 Å². The monoisotopic (exact) mass is 241 g/mol. The molecule has 0 aromatic heterocycles. The van der Waals surface area contributed by atoms with Crippen molar-refractivity contribution in [2.45, 2.75) is 33.2 Å². The van der Waals surface area contributed by atoms with Gasteiger partial charge in [0.25, 0.3) is 5.78 Å². The van der Waals surface area contributed by atoms with Crippen LogP contribution in [-0.4, -0.2) is 48.2 Å². The topological polar surface area (TPSA) is 63.7 Å². The van der Waals surface area contributed by atoms with Gasteiger partial charge >= 0.3 is 5.97 Å². The lowest BCUT2D eigenvalue weighted by molar-refractivity contribution is -0.158. The first-order valence-electron chi connectivity index (χ1n) is 5.95. The molecule has 17 heavy (non-hydrogen) atoms. The second kappa shape index (κ2) is 5.91. The van der Waals surface area contributed by atoms with E-state index in [-0.39, 0.29) is 18.4 Å². The lowest BCUT2D eigenvalue weighted by atomic mass is 9.91. The number of hydrogen-bond acceptors (Lipinski definition) is 5. The van der Waals surface area contributed by atoms with Crippen LogP contribution in [0, 0.1) is 5.92 Å². The van der Waals surface area contributed by atoms with E-state index in [9.17, 15) is 14.4 Å². The molecule has 1 rings (SSSR count). The highest BCUT2D eigenvalue weighted by Gasteiger charge is 2.37. The zero-order valence-corrected chi connectivity index (χ0v) is 10.6. The Hall–Kier alpha value is -1.23. The molecule has 0 spiro atoms. The van der Waals surface area contributed by atoms with E-state index in [2.05, 4.69) is 4.74 Å². The Morgan fingerprint density at radius 2 is 2.12 bits per heavy atom. The Morgan fingerprint density at radius 3 is 2.65 bits per heavy atom. The summed E-state index contributed by atoms with van der Waals surface area (Å²) in [5.74, 6) is -2.59. The SMILES string of the molecule is CCOC(=O)C(=O)C1CN(C(C)C)CCC1=O. The number of carbonyl (C=O) groups excluding carboxylic acids is 3. The van der Waals surface area contributed by atoms with Crippen LogP contribution in [-0.2, 0) is 19.1 Å². The van der Waals surface area contributed by atoms with Gasteiger partial charge in [-0.05, 0) is 20.8 Å². The van der Waals surface area contributed by atoms with Crippen molar-refractivity contribution < 1.29 is 19.1 Å². The number of esters is 1. The maximum Gasteiger partial charge on any atom is 0.375 e. The highest BCUT2D eigenvalue weighted by atomic mass is 16.5. The van der Waals surface area contributed by atoms with Crippen molar-refractivity contribution in [3.63, 3.8) is 0 Å². The summed E-state index contributed by atoms with van der Waals surface area (Å²) in [6, 6.07) is 0.264. The normalized spacial score (nSPS) is 21.6. The Kier molecular flexibility index (Phi) is 4.81. The minimum absolute atomic E-state index is 0.152. The van der Waals surface area contributed by atoms with Crippen LogP contribution in [0.4, 0.5) is 0 Å². The number of carbonyl (C=O) groups is 3. The third kappa shape index (κ3) is 3.36. The Labute approximate surface area is 101 Å². The van der Waals surface area contributed by atoms with Crippen LogP contribution in [0.1, 0.15) is 27.2 Å². The Morgan fingerprint density at radius 1 is 1.47 bits per heavy atom. The molecule has 1 unspecified atom stereocenters. The Balaban J connectivity index is 2.70. The first kappa shape index (κ1) is 13.8. The minimum Gasteiger partial charge on any atom is -0.460 e. The average Bonchev–Trinajstić information content (AvgIpc) is 2.28. The van der Waals surface area contributed by atoms with Crippen molar-refractivity contribution >= 4 is 17.5 Å². The standard InChI is InChI=1S/C12H19NO4/c1-4-17-12(16)11(15)9-7-13(8(2)3)6-5-10(9)14/h8-9H,4-7H2,1-3H3. The summed E-state index contributed by atoms with van der Waals surface area (Å²) in [7, 11) is 0. The molecule has 1 heterocycles. The van der Waals surface area contributed by atoms with E-state index in [4.69, 9.17) is 0 Å². The fourth-order valence-corrected chi connectivity index (χ4v) is 1.90. The molecular weight excluding hydrogens is 222 g/mol. The molecule has 1 atom stereocenters. The Bertz CT molecular complexity index is 324. The van der Waals surface area contributed by atoms with E-state index in [1.54, 1.807) is 6.92 Å². The van der Waals surface area contributed by atoms with Crippen molar-refractivity contribution in [1.29, 1.82) is 0 Å². The van der Waals surface area contributed by atoms with Crippen molar-refractivity contribution in [2.75, 3.05) is 19.7 Å². The molecule has 0 aromatic carbocycles. The molecule has 1 saturated heterocycles. The lowest BCUT2D eigenvalue weighted by Gasteiger charge is -2.33. The van der Waals surface area contributed by atoms with Crippen LogP contribution < -0.4 is 0 Å². The molecule has 96 valence electrons. The van der Waals surface area contributed by atoms with Crippen molar-refractivity contribution in [1.82, 2.24) is 4.90 Å². The van der Waals surface area contributed by atoms with Gasteiger partial charge in [0.05, 0.1) is 6.61 Å². The fourth-order valence-electron chi connectivity index (χ4n) is 1.90. The first-order valence-corrected chi connectivity index (χ1v) is 5.95. The molecule has 0 amide bonds. The van der Waals surface area contributed by atoms with E-state index < -0.39 is 17.7 Å². The maximum absolute atomic E-state index is 11.7. The summed E-state index contributed by atoms with van der Waals surface area (Å²) in [6.45, 7) is 6.77. The van der Waals surface area contributed by atoms with Crippen LogP contribution in [0.15, 0.2) is 0 Å². The van der Waals surface area contributed by atoms with Gasteiger partial charge < -0.3 is 4.74 Å². The number of piperidine rings is 1. The van der Waals surface area contributed by atoms with E-state index in [0.717, 1.165) is 0 Å². The second-order valence-corrected chi connectivity index (χ2v) is 4.44. The van der Waals surface area contributed by atoms with Crippen LogP contribution in [0.5, 0.6) is 0 Å². The summed E-state index contributed by atoms with van der Waals surface area (Å²) in [4.78, 5) is 36.8. The van der Waals surface area contributed by atoms with Crippen molar-refractivity contribution in [2.24, 2.45) is 5.92 Å². The molecule has 0 saturated carbocycles. The smallest absolute Gasteiger partial charge is 0.375 e. The van der Waals surface area contributed by atoms with Gasteiger partial charge in [0.2, 0.25) is 0 Å². The largest absolute Gasteiger partial charge is 0.460 e. The number of nitrogens with zero attached hydrogens (tertiary/aromatic N) is 1. The molecule has 1 aliphatic rings. The second-order valence-electron chi connectivity index (χ2n) is 4.44. The van der Waals surface area contributed by atoms with Gasteiger partial charge in [0.1, 0.15) is 11.7 Å². The zero-order chi connectivity index (χ0) is 13.0. The fraction of sp³-hybridized carbons (Fsp3) is 0.750. The zero-order valence-electron chi connectivity index (χ0n) is 10.6. The number of ketones is 2. The molecule has 0 bridgehead atoms. The molecule has 1 fully saturated rings. The number of likely N-dealkylation sites (tertiary alicyclic amines) is 1. The van der Waals surface area contributed by atoms with Gasteiger partial charge in [-0.25, -0.2) is 4.79 Å². The number of hydrogen-bond donors (Lipinski definition) is 0. The highest BCUT2D eigenvalue weighted by Crippen LogP contribution is 2.16. The van der Waals surface area contributed by atoms with Gasteiger partial charge in [-0.1, -0.05) is 0 Å². The number of rotatable bonds is 4. The first-order chi connectivity index (χ1) is 7.97. The number of ether oxygens (including phenoxy) is 1. The molecule has 1 aliphatic heterocycles. The minimum atomic E-state index is -0.892. The van der Waals surface area contributed by atoms with Crippen molar-refractivity contribution in [3.05, 3.63) is 0 Å². The summed E-state index contributed by atoms with van der Waals surface area (Å²) >= 11 is 0. The summed E-state index contributed by atoms with van der Waals surface area (Å²) in [6.07, 6.45) is 0.327. The maximum atomic E-state index is 11.7. The highest BCUT2D eigenvalue weighted by molar-refractivity contribution is 6.38. The van der Waals surface area contributed by atoms with Gasteiger partial charge in [-0.3, -0.25) is 14.5 Å². The summed E-state index contributed by atoms with van der Waals surface area (Å²) in [5, 5.41) is 0. The summed E-state index contributed by atoms with van der Waals surface area (Å²) < 4.78 is 4.64. The van der Waals surface area contributed by atoms with E-state index in [1.165, 1.54) is 0 Å². The summed E-state index contributed by atoms with van der Waals surface area (Å²) in [5.41, 5.74) is 0. The molecule has 5 nitrogen and oxygen atoms in total. The van der Waals surface area contributed by atoms with Gasteiger partial charge in [0, 0.05) is 25.6 Å². The van der Waals surface area contributed by atoms with Crippen molar-refractivity contribution in [3.8, 4) is 0 Å². The van der Waals surface area contributed by atoms with Crippen LogP contribution in [0.3, 0.4) is 0 Å². The predicted molar refractivity (Wildman–Crippen MR) is 61.5 cm³/mol.